The number of benzene rings is 1. The van der Waals surface area contributed by atoms with Crippen molar-refractivity contribution in [2.75, 3.05) is 7.11 Å². The molecule has 14 heavy (non-hydrogen) atoms. The van der Waals surface area contributed by atoms with Crippen molar-refractivity contribution in [1.82, 2.24) is 0 Å². The summed E-state index contributed by atoms with van der Waals surface area (Å²) in [6.07, 6.45) is 0.749. The van der Waals surface area contributed by atoms with Crippen LogP contribution in [0.3, 0.4) is 0 Å². The standard InChI is InChI=1S/C8H7BrIO3P/c1-12-8-3-5(13-14-10)2-7(9)6(8)4-11/h2-4,14H,1H3. The van der Waals surface area contributed by atoms with Crippen LogP contribution in [0, 0.1) is 0 Å². The fourth-order valence-electron chi connectivity index (χ4n) is 0.956. The molecule has 0 aliphatic carbocycles. The zero-order valence-electron chi connectivity index (χ0n) is 7.21. The van der Waals surface area contributed by atoms with E-state index >= 15 is 0 Å². The zero-order chi connectivity index (χ0) is 10.6. The van der Waals surface area contributed by atoms with Crippen LogP contribution in [0.2, 0.25) is 0 Å². The lowest BCUT2D eigenvalue weighted by Gasteiger charge is -2.08. The van der Waals surface area contributed by atoms with E-state index in [9.17, 15) is 4.79 Å². The number of halogens is 2. The Morgan fingerprint density at radius 3 is 2.79 bits per heavy atom. The molecule has 3 nitrogen and oxygen atoms in total. The second-order valence-electron chi connectivity index (χ2n) is 2.32. The maximum absolute atomic E-state index is 10.7. The van der Waals surface area contributed by atoms with Crippen LogP contribution in [0.4, 0.5) is 0 Å². The Kier molecular flexibility index (Phi) is 5.12. The number of aldehydes is 1. The van der Waals surface area contributed by atoms with Crippen LogP contribution >= 0.6 is 44.4 Å². The molecule has 0 spiro atoms. The minimum absolute atomic E-state index is 0.332. The summed E-state index contributed by atoms with van der Waals surface area (Å²) in [5.41, 5.74) is 0.497. The quantitative estimate of drug-likeness (QED) is 0.449. The smallest absolute Gasteiger partial charge is 0.154 e. The molecule has 0 amide bonds. The van der Waals surface area contributed by atoms with Gasteiger partial charge in [0.2, 0.25) is 0 Å². The Hall–Kier alpha value is 0.130. The molecule has 0 radical (unpaired) electrons. The molecule has 76 valence electrons. The van der Waals surface area contributed by atoms with Gasteiger partial charge in [0.1, 0.15) is 17.9 Å². The first kappa shape index (κ1) is 12.2. The van der Waals surface area contributed by atoms with Crippen molar-refractivity contribution in [1.29, 1.82) is 0 Å². The van der Waals surface area contributed by atoms with E-state index in [-0.39, 0.29) is 0 Å². The molecule has 1 rings (SSSR count). The fourth-order valence-corrected chi connectivity index (χ4v) is 2.44. The van der Waals surface area contributed by atoms with Crippen molar-refractivity contribution in [3.05, 3.63) is 22.2 Å². The van der Waals surface area contributed by atoms with Gasteiger partial charge in [-0.2, -0.15) is 0 Å². The molecule has 6 heteroatoms. The molecule has 1 atom stereocenters. The molecule has 0 bridgehead atoms. The molecular formula is C8H7BrIO3P. The van der Waals surface area contributed by atoms with Crippen LogP contribution in [-0.4, -0.2) is 13.4 Å². The topological polar surface area (TPSA) is 35.5 Å². The second kappa shape index (κ2) is 5.88. The Labute approximate surface area is 105 Å². The van der Waals surface area contributed by atoms with Crippen LogP contribution in [0.25, 0.3) is 0 Å². The number of rotatable bonds is 4. The van der Waals surface area contributed by atoms with E-state index in [1.807, 2.05) is 0 Å². The van der Waals surface area contributed by atoms with Crippen LogP contribution in [0.5, 0.6) is 11.5 Å². The lowest BCUT2D eigenvalue weighted by Crippen LogP contribution is -1.92. The number of hydrogen-bond acceptors (Lipinski definition) is 3. The second-order valence-corrected chi connectivity index (χ2v) is 4.85. The van der Waals surface area contributed by atoms with Gasteiger partial charge in [0.05, 0.1) is 12.7 Å². The van der Waals surface area contributed by atoms with Crippen LogP contribution in [0.15, 0.2) is 16.6 Å². The minimum Gasteiger partial charge on any atom is -0.496 e. The van der Waals surface area contributed by atoms with Gasteiger partial charge in [-0.3, -0.25) is 4.79 Å². The van der Waals surface area contributed by atoms with Gasteiger partial charge in [-0.15, -0.1) is 0 Å². The number of carbonyl (C=O) groups is 1. The molecule has 1 unspecified atom stereocenters. The maximum atomic E-state index is 10.7. The molecule has 1 aromatic carbocycles. The van der Waals surface area contributed by atoms with Gasteiger partial charge < -0.3 is 9.26 Å². The predicted octanol–water partition coefficient (Wildman–Crippen LogP) is 3.59. The van der Waals surface area contributed by atoms with Gasteiger partial charge in [0, 0.05) is 10.5 Å². The lowest BCUT2D eigenvalue weighted by atomic mass is 10.2. The van der Waals surface area contributed by atoms with E-state index in [1.165, 1.54) is 7.11 Å². The highest BCUT2D eigenvalue weighted by Crippen LogP contribution is 2.35. The highest BCUT2D eigenvalue weighted by atomic mass is 127. The van der Waals surface area contributed by atoms with Crippen LogP contribution in [-0.2, 0) is 0 Å². The predicted molar refractivity (Wildman–Crippen MR) is 69.0 cm³/mol. The number of ether oxygens (including phenoxy) is 1. The van der Waals surface area contributed by atoms with Gasteiger partial charge in [-0.1, -0.05) is 0 Å². The molecule has 0 heterocycles. The van der Waals surface area contributed by atoms with E-state index in [2.05, 4.69) is 38.0 Å². The van der Waals surface area contributed by atoms with Crippen molar-refractivity contribution < 1.29 is 14.1 Å². The number of carbonyl (C=O) groups excluding carboxylic acids is 1. The molecule has 0 fully saturated rings. The van der Waals surface area contributed by atoms with Crippen molar-refractivity contribution in [2.24, 2.45) is 0 Å². The van der Waals surface area contributed by atoms with Crippen molar-refractivity contribution in [3.63, 3.8) is 0 Å². The normalized spacial score (nSPS) is 10.5. The molecule has 0 aliphatic rings. The maximum Gasteiger partial charge on any atom is 0.154 e. The Balaban J connectivity index is 3.16. The van der Waals surface area contributed by atoms with E-state index in [4.69, 9.17) is 9.26 Å². The fraction of sp³-hybridized carbons (Fsp3) is 0.125. The third-order valence-electron chi connectivity index (χ3n) is 1.56. The summed E-state index contributed by atoms with van der Waals surface area (Å²) in [6, 6.07) is 3.44. The first-order chi connectivity index (χ1) is 6.72. The minimum atomic E-state index is 0.332. The highest BCUT2D eigenvalue weighted by Gasteiger charge is 2.09. The zero-order valence-corrected chi connectivity index (χ0v) is 12.0. The molecular weight excluding hydrogens is 382 g/mol. The first-order valence-corrected chi connectivity index (χ1v) is 8.39. The highest BCUT2D eigenvalue weighted by molar-refractivity contribution is 14.2. The third-order valence-corrected chi connectivity index (χ3v) is 3.19. The molecule has 0 N–H and O–H groups in total. The summed E-state index contributed by atoms with van der Waals surface area (Å²) in [5, 5.41) is 0. The Morgan fingerprint density at radius 2 is 2.29 bits per heavy atom. The number of hydrogen-bond donors (Lipinski definition) is 0. The monoisotopic (exact) mass is 388 g/mol. The summed E-state index contributed by atoms with van der Waals surface area (Å²) >= 11 is 5.40. The lowest BCUT2D eigenvalue weighted by molar-refractivity contribution is 0.112. The van der Waals surface area contributed by atoms with E-state index in [0.717, 1.165) is 6.29 Å². The Bertz CT molecular complexity index is 346. The first-order valence-electron chi connectivity index (χ1n) is 3.58. The van der Waals surface area contributed by atoms with Gasteiger partial charge in [-0.05, 0) is 44.0 Å². The summed E-state index contributed by atoms with van der Waals surface area (Å²) in [4.78, 5) is 10.7. The average Bonchev–Trinajstić information content (AvgIpc) is 2.17. The summed E-state index contributed by atoms with van der Waals surface area (Å²) in [5.74, 6) is 1.20. The summed E-state index contributed by atoms with van der Waals surface area (Å²) in [6.45, 7) is 0.332. The van der Waals surface area contributed by atoms with Gasteiger partial charge in [0.15, 0.2) is 6.29 Å². The summed E-state index contributed by atoms with van der Waals surface area (Å²) < 4.78 is 11.1. The number of methoxy groups -OCH3 is 1. The molecule has 0 aliphatic heterocycles. The molecule has 1 aromatic rings. The Morgan fingerprint density at radius 1 is 1.57 bits per heavy atom. The van der Waals surface area contributed by atoms with Gasteiger partial charge in [0.25, 0.3) is 0 Å². The van der Waals surface area contributed by atoms with Gasteiger partial charge >= 0.3 is 0 Å². The largest absolute Gasteiger partial charge is 0.496 e. The van der Waals surface area contributed by atoms with E-state index < -0.39 is 0 Å². The van der Waals surface area contributed by atoms with Crippen molar-refractivity contribution >= 4 is 50.7 Å². The average molecular weight is 389 g/mol. The molecule has 0 saturated heterocycles. The van der Waals surface area contributed by atoms with E-state index in [1.54, 1.807) is 12.1 Å². The van der Waals surface area contributed by atoms with Crippen LogP contribution in [0.1, 0.15) is 10.4 Å². The van der Waals surface area contributed by atoms with E-state index in [0.29, 0.717) is 28.0 Å². The van der Waals surface area contributed by atoms with Gasteiger partial charge in [-0.25, -0.2) is 0 Å². The molecule has 0 aromatic heterocycles. The van der Waals surface area contributed by atoms with Crippen molar-refractivity contribution in [3.8, 4) is 11.5 Å². The third kappa shape index (κ3) is 2.81. The molecule has 0 saturated carbocycles. The SMILES string of the molecule is COc1cc(OPI)cc(Br)c1C=O. The van der Waals surface area contributed by atoms with Crippen LogP contribution < -0.4 is 9.26 Å². The summed E-state index contributed by atoms with van der Waals surface area (Å²) in [7, 11) is 1.52. The van der Waals surface area contributed by atoms with Crippen molar-refractivity contribution in [2.45, 2.75) is 0 Å².